The number of allylic oxidation sites excluding steroid dienone is 2. The lowest BCUT2D eigenvalue weighted by atomic mass is 10.2. The van der Waals surface area contributed by atoms with E-state index in [1.165, 1.54) is 5.57 Å². The van der Waals surface area contributed by atoms with Gasteiger partial charge in [-0.3, -0.25) is 0 Å². The summed E-state index contributed by atoms with van der Waals surface area (Å²) in [6, 6.07) is 1.90. The molecule has 1 nitrogen and oxygen atoms in total. The predicted molar refractivity (Wildman–Crippen MR) is 53.3 cm³/mol. The first-order valence-corrected chi connectivity index (χ1v) is 5.08. The number of hydrogen-bond acceptors (Lipinski definition) is 1. The summed E-state index contributed by atoms with van der Waals surface area (Å²) in [4.78, 5) is 0. The summed E-state index contributed by atoms with van der Waals surface area (Å²) in [5.41, 5.74) is 1.21. The zero-order chi connectivity index (χ0) is 8.55. The normalized spacial score (nSPS) is 22.8. The molecule has 1 atom stereocenters. The minimum Gasteiger partial charge on any atom is -0.463 e. The van der Waals surface area contributed by atoms with E-state index in [4.69, 9.17) is 16.0 Å². The van der Waals surface area contributed by atoms with E-state index in [0.29, 0.717) is 0 Å². The third-order valence-electron chi connectivity index (χ3n) is 1.98. The standard InChI is InChI=1S/C9H8BrClO/c10-8-3-4-12-9(8)6-1-2-7(11)5-6/h3-5,7H,1-2H2. The van der Waals surface area contributed by atoms with E-state index in [1.807, 2.05) is 6.07 Å². The van der Waals surface area contributed by atoms with Gasteiger partial charge in [0.25, 0.3) is 0 Å². The Morgan fingerprint density at radius 3 is 2.92 bits per heavy atom. The highest BCUT2D eigenvalue weighted by molar-refractivity contribution is 9.10. The van der Waals surface area contributed by atoms with Crippen LogP contribution < -0.4 is 0 Å². The summed E-state index contributed by atoms with van der Waals surface area (Å²) in [5, 5.41) is 0.178. The molecule has 1 aliphatic carbocycles. The Labute approximate surface area is 84.5 Å². The highest BCUT2D eigenvalue weighted by Crippen LogP contribution is 2.34. The van der Waals surface area contributed by atoms with Crippen molar-refractivity contribution in [1.29, 1.82) is 0 Å². The van der Waals surface area contributed by atoms with Crippen molar-refractivity contribution in [3.63, 3.8) is 0 Å². The number of rotatable bonds is 1. The Hall–Kier alpha value is -0.210. The van der Waals surface area contributed by atoms with Gasteiger partial charge in [-0.15, -0.1) is 11.6 Å². The molecule has 0 saturated carbocycles. The van der Waals surface area contributed by atoms with Crippen LogP contribution in [0.2, 0.25) is 0 Å². The van der Waals surface area contributed by atoms with Crippen LogP contribution in [0.4, 0.5) is 0 Å². The zero-order valence-electron chi connectivity index (χ0n) is 6.39. The second-order valence-corrected chi connectivity index (χ2v) is 4.26. The van der Waals surface area contributed by atoms with E-state index in [0.717, 1.165) is 23.1 Å². The van der Waals surface area contributed by atoms with E-state index in [9.17, 15) is 0 Å². The molecule has 12 heavy (non-hydrogen) atoms. The number of halogens is 2. The van der Waals surface area contributed by atoms with E-state index in [1.54, 1.807) is 6.26 Å². The van der Waals surface area contributed by atoms with Gasteiger partial charge in [0.1, 0.15) is 5.76 Å². The minimum atomic E-state index is 0.178. The van der Waals surface area contributed by atoms with Crippen LogP contribution in [-0.4, -0.2) is 5.38 Å². The Bertz CT molecular complexity index is 316. The molecule has 0 amide bonds. The Morgan fingerprint density at radius 1 is 1.58 bits per heavy atom. The molecule has 0 saturated heterocycles. The summed E-state index contributed by atoms with van der Waals surface area (Å²) in [7, 11) is 0. The number of hydrogen-bond donors (Lipinski definition) is 0. The molecule has 1 unspecified atom stereocenters. The van der Waals surface area contributed by atoms with Crippen molar-refractivity contribution in [3.05, 3.63) is 28.6 Å². The molecule has 0 spiro atoms. The van der Waals surface area contributed by atoms with Crippen molar-refractivity contribution in [2.75, 3.05) is 0 Å². The van der Waals surface area contributed by atoms with Gasteiger partial charge in [-0.1, -0.05) is 6.08 Å². The van der Waals surface area contributed by atoms with Crippen molar-refractivity contribution in [2.45, 2.75) is 18.2 Å². The average molecular weight is 248 g/mol. The van der Waals surface area contributed by atoms with Crippen LogP contribution in [0, 0.1) is 0 Å². The van der Waals surface area contributed by atoms with Crippen molar-refractivity contribution < 1.29 is 4.42 Å². The van der Waals surface area contributed by atoms with Gasteiger partial charge in [-0.25, -0.2) is 0 Å². The fourth-order valence-electron chi connectivity index (χ4n) is 1.39. The molecule has 0 fully saturated rings. The molecule has 1 aromatic heterocycles. The van der Waals surface area contributed by atoms with Crippen molar-refractivity contribution in [1.82, 2.24) is 0 Å². The lowest BCUT2D eigenvalue weighted by Crippen LogP contribution is -1.81. The van der Waals surface area contributed by atoms with E-state index >= 15 is 0 Å². The van der Waals surface area contributed by atoms with Gasteiger partial charge in [0.2, 0.25) is 0 Å². The molecule has 64 valence electrons. The van der Waals surface area contributed by atoms with Crippen molar-refractivity contribution in [3.8, 4) is 0 Å². The SMILES string of the molecule is ClC1C=C(c2occc2Br)CC1. The maximum Gasteiger partial charge on any atom is 0.143 e. The van der Waals surface area contributed by atoms with Gasteiger partial charge < -0.3 is 4.42 Å². The molecule has 1 aliphatic rings. The number of alkyl halides is 1. The fourth-order valence-corrected chi connectivity index (χ4v) is 2.11. The first-order valence-electron chi connectivity index (χ1n) is 3.85. The van der Waals surface area contributed by atoms with Crippen LogP contribution in [0.1, 0.15) is 18.6 Å². The Kier molecular flexibility index (Phi) is 2.28. The second-order valence-electron chi connectivity index (χ2n) is 2.84. The van der Waals surface area contributed by atoms with Gasteiger partial charge in [0.05, 0.1) is 16.1 Å². The first kappa shape index (κ1) is 8.39. The van der Waals surface area contributed by atoms with Crippen LogP contribution in [-0.2, 0) is 0 Å². The summed E-state index contributed by atoms with van der Waals surface area (Å²) < 4.78 is 6.34. The fraction of sp³-hybridized carbons (Fsp3) is 0.333. The smallest absolute Gasteiger partial charge is 0.143 e. The summed E-state index contributed by atoms with van der Waals surface area (Å²) in [6.45, 7) is 0. The van der Waals surface area contributed by atoms with Crippen LogP contribution in [0.3, 0.4) is 0 Å². The molecule has 0 aromatic carbocycles. The molecule has 0 radical (unpaired) electrons. The van der Waals surface area contributed by atoms with Crippen LogP contribution in [0.25, 0.3) is 5.57 Å². The van der Waals surface area contributed by atoms with Gasteiger partial charge in [0, 0.05) is 0 Å². The lowest BCUT2D eigenvalue weighted by molar-refractivity contribution is 0.549. The van der Waals surface area contributed by atoms with Crippen molar-refractivity contribution >= 4 is 33.1 Å². The largest absolute Gasteiger partial charge is 0.463 e. The highest BCUT2D eigenvalue weighted by atomic mass is 79.9. The molecule has 1 aromatic rings. The van der Waals surface area contributed by atoms with Crippen LogP contribution in [0.15, 0.2) is 27.3 Å². The van der Waals surface area contributed by atoms with Gasteiger partial charge >= 0.3 is 0 Å². The molecule has 0 N–H and O–H groups in total. The Morgan fingerprint density at radius 2 is 2.42 bits per heavy atom. The monoisotopic (exact) mass is 246 g/mol. The van der Waals surface area contributed by atoms with Crippen LogP contribution in [0.5, 0.6) is 0 Å². The van der Waals surface area contributed by atoms with E-state index < -0.39 is 0 Å². The lowest BCUT2D eigenvalue weighted by Gasteiger charge is -1.95. The molecule has 3 heteroatoms. The molecular weight excluding hydrogens is 239 g/mol. The quantitative estimate of drug-likeness (QED) is 0.688. The number of furan rings is 1. The molecular formula is C9H8BrClO. The topological polar surface area (TPSA) is 13.1 Å². The first-order chi connectivity index (χ1) is 5.77. The van der Waals surface area contributed by atoms with Gasteiger partial charge in [0.15, 0.2) is 0 Å². The highest BCUT2D eigenvalue weighted by Gasteiger charge is 2.18. The molecule has 1 heterocycles. The summed E-state index contributed by atoms with van der Waals surface area (Å²) in [6.07, 6.45) is 5.78. The summed E-state index contributed by atoms with van der Waals surface area (Å²) >= 11 is 9.36. The molecule has 2 rings (SSSR count). The maximum atomic E-state index is 5.94. The molecule has 0 bridgehead atoms. The van der Waals surface area contributed by atoms with Gasteiger partial charge in [-0.05, 0) is 40.4 Å². The third-order valence-corrected chi connectivity index (χ3v) is 2.95. The van der Waals surface area contributed by atoms with Gasteiger partial charge in [-0.2, -0.15) is 0 Å². The average Bonchev–Trinajstić information content (AvgIpc) is 2.58. The zero-order valence-corrected chi connectivity index (χ0v) is 8.73. The third kappa shape index (κ3) is 1.46. The van der Waals surface area contributed by atoms with E-state index in [2.05, 4.69) is 22.0 Å². The predicted octanol–water partition coefficient (Wildman–Crippen LogP) is 3.83. The van der Waals surface area contributed by atoms with Crippen molar-refractivity contribution in [2.24, 2.45) is 0 Å². The van der Waals surface area contributed by atoms with E-state index in [-0.39, 0.29) is 5.38 Å². The maximum absolute atomic E-state index is 5.94. The second kappa shape index (κ2) is 3.27. The summed E-state index contributed by atoms with van der Waals surface area (Å²) in [5.74, 6) is 0.929. The van der Waals surface area contributed by atoms with Crippen LogP contribution >= 0.6 is 27.5 Å². The Balaban J connectivity index is 2.32. The minimum absolute atomic E-state index is 0.178. The molecule has 0 aliphatic heterocycles.